The van der Waals surface area contributed by atoms with Crippen LogP contribution in [0.25, 0.3) is 0 Å². The smallest absolute Gasteiger partial charge is 0.242 e. The van der Waals surface area contributed by atoms with Gasteiger partial charge in [0.1, 0.15) is 0 Å². The average Bonchev–Trinajstić information content (AvgIpc) is 3.09. The summed E-state index contributed by atoms with van der Waals surface area (Å²) in [5, 5.41) is 0. The van der Waals surface area contributed by atoms with Crippen molar-refractivity contribution in [3.63, 3.8) is 0 Å². The first kappa shape index (κ1) is 13.4. The molecule has 0 radical (unpaired) electrons. The maximum atomic E-state index is 12.7. The number of carbonyl (C=O) groups excluding carboxylic acids is 1. The molecule has 2 heterocycles. The summed E-state index contributed by atoms with van der Waals surface area (Å²) in [6.45, 7) is 4.18. The van der Waals surface area contributed by atoms with Gasteiger partial charge < -0.3 is 9.80 Å². The van der Waals surface area contributed by atoms with E-state index >= 15 is 0 Å². The van der Waals surface area contributed by atoms with Crippen LogP contribution in [0.1, 0.15) is 23.6 Å². The van der Waals surface area contributed by atoms with Gasteiger partial charge in [-0.3, -0.25) is 4.79 Å². The molecule has 0 saturated carbocycles. The molecule has 3 heteroatoms. The predicted octanol–water partition coefficient (Wildman–Crippen LogP) is 2.98. The second-order valence-corrected chi connectivity index (χ2v) is 6.33. The Labute approximate surface area is 131 Å². The van der Waals surface area contributed by atoms with Crippen molar-refractivity contribution in [1.29, 1.82) is 0 Å². The lowest BCUT2D eigenvalue weighted by Gasteiger charge is -2.27. The Morgan fingerprint density at radius 1 is 1.00 bits per heavy atom. The lowest BCUT2D eigenvalue weighted by atomic mass is 10.1. The molecule has 112 valence electrons. The van der Waals surface area contributed by atoms with Gasteiger partial charge in [-0.05, 0) is 36.1 Å². The molecule has 2 aromatic carbocycles. The normalized spacial score (nSPS) is 19.2. The van der Waals surface area contributed by atoms with Gasteiger partial charge in [0.2, 0.25) is 5.91 Å². The second-order valence-electron chi connectivity index (χ2n) is 6.33. The predicted molar refractivity (Wildman–Crippen MR) is 87.7 cm³/mol. The zero-order valence-electron chi connectivity index (χ0n) is 12.8. The third-order valence-electron chi connectivity index (χ3n) is 4.85. The highest BCUT2D eigenvalue weighted by molar-refractivity contribution is 5.83. The van der Waals surface area contributed by atoms with Gasteiger partial charge in [-0.1, -0.05) is 42.5 Å². The Morgan fingerprint density at radius 2 is 1.59 bits per heavy atom. The number of para-hydroxylation sites is 1. The first-order chi connectivity index (χ1) is 10.7. The first-order valence-electron chi connectivity index (χ1n) is 7.91. The molecule has 0 N–H and O–H groups in total. The Morgan fingerprint density at radius 3 is 2.27 bits per heavy atom. The van der Waals surface area contributed by atoms with Crippen molar-refractivity contribution in [2.75, 3.05) is 11.4 Å². The molecule has 4 rings (SSSR count). The van der Waals surface area contributed by atoms with Crippen molar-refractivity contribution in [3.05, 3.63) is 65.2 Å². The SMILES string of the molecule is CC1Cc2ccccc2N1CC(=O)N1Cc2ccccc2C1. The number of benzene rings is 2. The van der Waals surface area contributed by atoms with E-state index < -0.39 is 0 Å². The highest BCUT2D eigenvalue weighted by Crippen LogP contribution is 2.32. The molecule has 1 atom stereocenters. The lowest BCUT2D eigenvalue weighted by molar-refractivity contribution is -0.130. The molecule has 2 aromatic rings. The number of amides is 1. The van der Waals surface area contributed by atoms with Gasteiger partial charge in [0.25, 0.3) is 0 Å². The van der Waals surface area contributed by atoms with Gasteiger partial charge in [-0.15, -0.1) is 0 Å². The maximum Gasteiger partial charge on any atom is 0.242 e. The van der Waals surface area contributed by atoms with E-state index in [-0.39, 0.29) is 5.91 Å². The summed E-state index contributed by atoms with van der Waals surface area (Å²) in [5.41, 5.74) is 5.14. The summed E-state index contributed by atoms with van der Waals surface area (Å²) in [6.07, 6.45) is 1.03. The third-order valence-corrected chi connectivity index (χ3v) is 4.85. The van der Waals surface area contributed by atoms with Crippen molar-refractivity contribution in [2.45, 2.75) is 32.5 Å². The first-order valence-corrected chi connectivity index (χ1v) is 7.91. The Hall–Kier alpha value is -2.29. The highest BCUT2D eigenvalue weighted by Gasteiger charge is 2.30. The van der Waals surface area contributed by atoms with Crippen LogP contribution in [-0.2, 0) is 24.3 Å². The molecule has 0 fully saturated rings. The van der Waals surface area contributed by atoms with Crippen LogP contribution in [0.2, 0.25) is 0 Å². The largest absolute Gasteiger partial charge is 0.359 e. The number of carbonyl (C=O) groups is 1. The highest BCUT2D eigenvalue weighted by atomic mass is 16.2. The fourth-order valence-electron chi connectivity index (χ4n) is 3.63. The van der Waals surface area contributed by atoms with Crippen LogP contribution in [0.5, 0.6) is 0 Å². The van der Waals surface area contributed by atoms with Crippen molar-refractivity contribution < 1.29 is 4.79 Å². The van der Waals surface area contributed by atoms with E-state index in [9.17, 15) is 4.79 Å². The number of hydrogen-bond acceptors (Lipinski definition) is 2. The van der Waals surface area contributed by atoms with E-state index in [4.69, 9.17) is 0 Å². The number of rotatable bonds is 2. The van der Waals surface area contributed by atoms with Crippen LogP contribution in [-0.4, -0.2) is 23.4 Å². The molecule has 22 heavy (non-hydrogen) atoms. The average molecular weight is 292 g/mol. The van der Waals surface area contributed by atoms with Gasteiger partial charge in [0, 0.05) is 24.8 Å². The molecule has 0 bridgehead atoms. The quantitative estimate of drug-likeness (QED) is 0.849. The Bertz CT molecular complexity index is 700. The van der Waals surface area contributed by atoms with Crippen LogP contribution < -0.4 is 4.90 Å². The van der Waals surface area contributed by atoms with Gasteiger partial charge in [0.05, 0.1) is 6.54 Å². The minimum atomic E-state index is 0.222. The summed E-state index contributed by atoms with van der Waals surface area (Å²) in [4.78, 5) is 16.9. The zero-order valence-corrected chi connectivity index (χ0v) is 12.8. The van der Waals surface area contributed by atoms with Crippen molar-refractivity contribution in [1.82, 2.24) is 4.90 Å². The lowest BCUT2D eigenvalue weighted by Crippen LogP contribution is -2.40. The third kappa shape index (κ3) is 2.17. The summed E-state index contributed by atoms with van der Waals surface area (Å²) in [6, 6.07) is 17.2. The fourth-order valence-corrected chi connectivity index (χ4v) is 3.63. The molecule has 0 saturated heterocycles. The number of nitrogens with zero attached hydrogens (tertiary/aromatic N) is 2. The summed E-state index contributed by atoms with van der Waals surface area (Å²) < 4.78 is 0. The molecule has 1 unspecified atom stereocenters. The van der Waals surface area contributed by atoms with Crippen LogP contribution in [0.15, 0.2) is 48.5 Å². The molecular weight excluding hydrogens is 272 g/mol. The van der Waals surface area contributed by atoms with Crippen LogP contribution in [0, 0.1) is 0 Å². The summed E-state index contributed by atoms with van der Waals surface area (Å²) >= 11 is 0. The Kier molecular flexibility index (Phi) is 3.14. The van der Waals surface area contributed by atoms with Crippen LogP contribution in [0.3, 0.4) is 0 Å². The number of anilines is 1. The number of fused-ring (bicyclic) bond motifs is 2. The molecule has 0 spiro atoms. The zero-order chi connectivity index (χ0) is 15.1. The molecule has 3 nitrogen and oxygen atoms in total. The number of hydrogen-bond donors (Lipinski definition) is 0. The molecule has 2 aliphatic heterocycles. The minimum absolute atomic E-state index is 0.222. The Balaban J connectivity index is 1.50. The summed E-state index contributed by atoms with van der Waals surface area (Å²) in [5.74, 6) is 0.222. The molecular formula is C19H20N2O. The van der Waals surface area contributed by atoms with Gasteiger partial charge >= 0.3 is 0 Å². The minimum Gasteiger partial charge on any atom is -0.359 e. The standard InChI is InChI=1S/C19H20N2O/c1-14-10-15-6-4-5-9-18(15)21(14)13-19(22)20-11-16-7-2-3-8-17(16)12-20/h2-9,14H,10-13H2,1H3. The van der Waals surface area contributed by atoms with E-state index in [1.807, 2.05) is 17.0 Å². The maximum absolute atomic E-state index is 12.7. The van der Waals surface area contributed by atoms with Gasteiger partial charge in [-0.2, -0.15) is 0 Å². The monoisotopic (exact) mass is 292 g/mol. The van der Waals surface area contributed by atoms with Crippen molar-refractivity contribution >= 4 is 11.6 Å². The van der Waals surface area contributed by atoms with Gasteiger partial charge in [0.15, 0.2) is 0 Å². The van der Waals surface area contributed by atoms with Crippen molar-refractivity contribution in [2.24, 2.45) is 0 Å². The second kappa shape index (κ2) is 5.16. The molecule has 2 aliphatic rings. The fraction of sp³-hybridized carbons (Fsp3) is 0.316. The van der Waals surface area contributed by atoms with E-state index in [1.54, 1.807) is 0 Å². The summed E-state index contributed by atoms with van der Waals surface area (Å²) in [7, 11) is 0. The van der Waals surface area contributed by atoms with E-state index in [1.165, 1.54) is 22.4 Å². The van der Waals surface area contributed by atoms with Crippen molar-refractivity contribution in [3.8, 4) is 0 Å². The van der Waals surface area contributed by atoms with Crippen LogP contribution in [0.4, 0.5) is 5.69 Å². The molecule has 0 aliphatic carbocycles. The van der Waals surface area contributed by atoms with E-state index in [0.29, 0.717) is 12.6 Å². The van der Waals surface area contributed by atoms with Gasteiger partial charge in [-0.25, -0.2) is 0 Å². The van der Waals surface area contributed by atoms with Crippen LogP contribution >= 0.6 is 0 Å². The topological polar surface area (TPSA) is 23.6 Å². The van der Waals surface area contributed by atoms with E-state index in [2.05, 4.69) is 48.2 Å². The molecule has 1 amide bonds. The van der Waals surface area contributed by atoms with E-state index in [0.717, 1.165) is 19.5 Å². The molecule has 0 aromatic heterocycles.